The zero-order valence-corrected chi connectivity index (χ0v) is 9.37. The highest BCUT2D eigenvalue weighted by molar-refractivity contribution is 5.87. The van der Waals surface area contributed by atoms with Gasteiger partial charge in [-0.2, -0.15) is 0 Å². The second kappa shape index (κ2) is 7.13. The van der Waals surface area contributed by atoms with E-state index in [0.717, 1.165) is 0 Å². The fourth-order valence-electron chi connectivity index (χ4n) is 0.877. The summed E-state index contributed by atoms with van der Waals surface area (Å²) in [6, 6.07) is 0. The van der Waals surface area contributed by atoms with Crippen LogP contribution in [-0.4, -0.2) is 63.7 Å². The molecular weight excluding hydrogens is 232 g/mol. The highest BCUT2D eigenvalue weighted by Gasteiger charge is 2.30. The topological polar surface area (TPSA) is 124 Å². The summed E-state index contributed by atoms with van der Waals surface area (Å²) in [5.41, 5.74) is 0.110. The van der Waals surface area contributed by atoms with Gasteiger partial charge in [-0.25, -0.2) is 4.79 Å². The monoisotopic (exact) mass is 248 g/mol. The van der Waals surface area contributed by atoms with Gasteiger partial charge in [-0.1, -0.05) is 6.58 Å². The van der Waals surface area contributed by atoms with Crippen LogP contribution in [-0.2, 0) is 14.3 Å². The van der Waals surface area contributed by atoms with Crippen LogP contribution in [0, 0.1) is 0 Å². The van der Waals surface area contributed by atoms with Crippen molar-refractivity contribution >= 4 is 11.8 Å². The van der Waals surface area contributed by atoms with Gasteiger partial charge in [-0.05, 0) is 6.92 Å². The fraction of sp³-hybridized carbons (Fsp3) is 0.600. The molecule has 7 nitrogen and oxygen atoms in total. The molecule has 0 aromatic carbocycles. The second-order valence-corrected chi connectivity index (χ2v) is 3.51. The van der Waals surface area contributed by atoms with Gasteiger partial charge in [0.05, 0.1) is 0 Å². The highest BCUT2D eigenvalue weighted by Crippen LogP contribution is 2.03. The summed E-state index contributed by atoms with van der Waals surface area (Å²) in [5, 5.41) is 36.2. The smallest absolute Gasteiger partial charge is 0.333 e. The van der Waals surface area contributed by atoms with Crippen LogP contribution >= 0.6 is 0 Å². The highest BCUT2D eigenvalue weighted by atomic mass is 16.5. The molecule has 0 aliphatic carbocycles. The van der Waals surface area contributed by atoms with Gasteiger partial charge in [0.2, 0.25) is 0 Å². The third-order valence-electron chi connectivity index (χ3n) is 1.94. The number of hydrogen-bond acceptors (Lipinski definition) is 7. The predicted molar refractivity (Wildman–Crippen MR) is 55.9 cm³/mol. The second-order valence-electron chi connectivity index (χ2n) is 3.51. The van der Waals surface area contributed by atoms with E-state index in [1.807, 2.05) is 0 Å². The van der Waals surface area contributed by atoms with E-state index in [0.29, 0.717) is 0 Å². The molecule has 4 N–H and O–H groups in total. The number of hydrogen-bond donors (Lipinski definition) is 4. The van der Waals surface area contributed by atoms with E-state index in [1.54, 1.807) is 0 Å². The minimum atomic E-state index is -1.93. The maximum Gasteiger partial charge on any atom is 0.333 e. The van der Waals surface area contributed by atoms with Crippen molar-refractivity contribution in [3.8, 4) is 0 Å². The van der Waals surface area contributed by atoms with E-state index in [9.17, 15) is 19.8 Å². The average molecular weight is 248 g/mol. The molecule has 98 valence electrons. The van der Waals surface area contributed by atoms with E-state index < -0.39 is 43.3 Å². The third kappa shape index (κ3) is 5.05. The van der Waals surface area contributed by atoms with Crippen molar-refractivity contribution in [2.75, 3.05) is 13.2 Å². The van der Waals surface area contributed by atoms with Crippen LogP contribution in [0.1, 0.15) is 6.92 Å². The number of carbonyl (C=O) groups excluding carboxylic acids is 2. The number of ketones is 1. The van der Waals surface area contributed by atoms with E-state index in [1.165, 1.54) is 6.92 Å². The number of Topliss-reactive ketones (excluding diaryl/α,β-unsaturated/α-hetero) is 1. The van der Waals surface area contributed by atoms with E-state index in [2.05, 4.69) is 11.3 Å². The molecule has 0 bridgehead atoms. The van der Waals surface area contributed by atoms with Crippen LogP contribution in [0.5, 0.6) is 0 Å². The number of esters is 1. The molecule has 0 radical (unpaired) electrons. The normalized spacial score (nSPS) is 15.8. The molecule has 0 heterocycles. The minimum absolute atomic E-state index is 0.110. The third-order valence-corrected chi connectivity index (χ3v) is 1.94. The first-order chi connectivity index (χ1) is 7.81. The number of aliphatic hydroxyl groups is 4. The fourth-order valence-corrected chi connectivity index (χ4v) is 0.877. The van der Waals surface area contributed by atoms with Crippen molar-refractivity contribution in [1.82, 2.24) is 0 Å². The Hall–Kier alpha value is -1.28. The lowest BCUT2D eigenvalue weighted by atomic mass is 10.1. The molecule has 17 heavy (non-hydrogen) atoms. The number of rotatable bonds is 7. The molecule has 7 heteroatoms. The number of aliphatic hydroxyl groups excluding tert-OH is 4. The number of carbonyl (C=O) groups is 2. The average Bonchev–Trinajstić information content (AvgIpc) is 2.32. The first kappa shape index (κ1) is 15.7. The van der Waals surface area contributed by atoms with Gasteiger partial charge < -0.3 is 25.2 Å². The predicted octanol–water partition coefficient (Wildman–Crippen LogP) is -2.25. The van der Waals surface area contributed by atoms with Gasteiger partial charge in [-0.3, -0.25) is 4.79 Å². The van der Waals surface area contributed by atoms with Crippen LogP contribution in [0.15, 0.2) is 12.2 Å². The summed E-state index contributed by atoms with van der Waals surface area (Å²) >= 11 is 0. The van der Waals surface area contributed by atoms with Crippen molar-refractivity contribution in [1.29, 1.82) is 0 Å². The zero-order valence-electron chi connectivity index (χ0n) is 9.37. The molecule has 0 aromatic rings. The molecule has 0 aliphatic heterocycles. The van der Waals surface area contributed by atoms with Gasteiger partial charge >= 0.3 is 5.97 Å². The Morgan fingerprint density at radius 1 is 1.29 bits per heavy atom. The first-order valence-electron chi connectivity index (χ1n) is 4.81. The van der Waals surface area contributed by atoms with E-state index >= 15 is 0 Å². The molecule has 0 saturated heterocycles. The zero-order chi connectivity index (χ0) is 13.6. The molecule has 0 rings (SSSR count). The Morgan fingerprint density at radius 3 is 2.24 bits per heavy atom. The maximum atomic E-state index is 10.9. The summed E-state index contributed by atoms with van der Waals surface area (Å²) in [4.78, 5) is 21.8. The van der Waals surface area contributed by atoms with Crippen molar-refractivity contribution in [2.45, 2.75) is 25.2 Å². The summed E-state index contributed by atoms with van der Waals surface area (Å²) in [7, 11) is 0. The lowest BCUT2D eigenvalue weighted by Gasteiger charge is -2.21. The standard InChI is InChI=1S/C10H16O7/c1-5(2)10(16)17-4-7(13)9(15)8(14)6(12)3-11/h7-9,11,13-15H,1,3-4H2,2H3/t7-,8+,9+/m1/s1. The van der Waals surface area contributed by atoms with E-state index in [-0.39, 0.29) is 5.57 Å². The lowest BCUT2D eigenvalue weighted by molar-refractivity contribution is -0.151. The molecule has 0 fully saturated rings. The van der Waals surface area contributed by atoms with Crippen molar-refractivity contribution < 1.29 is 34.8 Å². The maximum absolute atomic E-state index is 10.9. The largest absolute Gasteiger partial charge is 0.459 e. The molecular formula is C10H16O7. The Labute approximate surface area is 97.9 Å². The molecule has 0 saturated carbocycles. The summed E-state index contributed by atoms with van der Waals surface area (Å²) in [6.07, 6.45) is -5.41. The van der Waals surface area contributed by atoms with Crippen molar-refractivity contribution in [2.24, 2.45) is 0 Å². The van der Waals surface area contributed by atoms with Crippen LogP contribution < -0.4 is 0 Å². The van der Waals surface area contributed by atoms with Crippen LogP contribution in [0.25, 0.3) is 0 Å². The van der Waals surface area contributed by atoms with Crippen molar-refractivity contribution in [3.63, 3.8) is 0 Å². The van der Waals surface area contributed by atoms with Gasteiger partial charge in [0.15, 0.2) is 5.78 Å². The lowest BCUT2D eigenvalue weighted by Crippen LogP contribution is -2.45. The Balaban J connectivity index is 4.22. The summed E-state index contributed by atoms with van der Waals surface area (Å²) < 4.78 is 4.52. The Kier molecular flexibility index (Phi) is 6.59. The molecule has 0 unspecified atom stereocenters. The Morgan fingerprint density at radius 2 is 1.82 bits per heavy atom. The van der Waals surface area contributed by atoms with Crippen LogP contribution in [0.4, 0.5) is 0 Å². The van der Waals surface area contributed by atoms with Gasteiger partial charge in [0, 0.05) is 5.57 Å². The summed E-state index contributed by atoms with van der Waals surface area (Å²) in [5.74, 6) is -1.80. The minimum Gasteiger partial charge on any atom is -0.459 e. The molecule has 0 aromatic heterocycles. The van der Waals surface area contributed by atoms with Crippen LogP contribution in [0.3, 0.4) is 0 Å². The molecule has 0 amide bonds. The van der Waals surface area contributed by atoms with Gasteiger partial charge in [-0.15, -0.1) is 0 Å². The summed E-state index contributed by atoms with van der Waals surface area (Å²) in [6.45, 7) is 3.14. The van der Waals surface area contributed by atoms with Crippen molar-refractivity contribution in [3.05, 3.63) is 12.2 Å². The Bertz CT molecular complexity index is 299. The SMILES string of the molecule is C=C(C)C(=O)OC[C@@H](O)[C@H](O)[C@@H](O)C(=O)CO. The van der Waals surface area contributed by atoms with E-state index in [4.69, 9.17) is 10.2 Å². The van der Waals surface area contributed by atoms with Crippen LogP contribution in [0.2, 0.25) is 0 Å². The van der Waals surface area contributed by atoms with Gasteiger partial charge in [0.25, 0.3) is 0 Å². The molecule has 3 atom stereocenters. The molecule has 0 spiro atoms. The number of ether oxygens (including phenoxy) is 1. The first-order valence-corrected chi connectivity index (χ1v) is 4.81. The molecule has 0 aliphatic rings. The quantitative estimate of drug-likeness (QED) is 0.296. The van der Waals surface area contributed by atoms with Gasteiger partial charge in [0.1, 0.15) is 31.5 Å².